The van der Waals surface area contributed by atoms with Crippen molar-refractivity contribution in [3.05, 3.63) is 75.9 Å². The molecule has 1 nitrogen and oxygen atoms in total. The van der Waals surface area contributed by atoms with E-state index in [1.165, 1.54) is 18.2 Å². The minimum atomic E-state index is -1.09. The summed E-state index contributed by atoms with van der Waals surface area (Å²) >= 11 is 0. The highest BCUT2D eigenvalue weighted by molar-refractivity contribution is 5.61. The number of halogens is 5. The summed E-state index contributed by atoms with van der Waals surface area (Å²) in [4.78, 5) is 0. The molecule has 0 fully saturated rings. The van der Waals surface area contributed by atoms with Crippen molar-refractivity contribution in [3.8, 4) is 6.07 Å². The van der Waals surface area contributed by atoms with Gasteiger partial charge in [0.2, 0.25) is 0 Å². The third-order valence-electron chi connectivity index (χ3n) is 3.91. The van der Waals surface area contributed by atoms with E-state index in [9.17, 15) is 22.0 Å². The van der Waals surface area contributed by atoms with Crippen LogP contribution in [0.1, 0.15) is 42.0 Å². The van der Waals surface area contributed by atoms with Crippen molar-refractivity contribution in [1.29, 1.82) is 5.26 Å². The van der Waals surface area contributed by atoms with Crippen LogP contribution in [0.5, 0.6) is 0 Å². The van der Waals surface area contributed by atoms with Crippen LogP contribution in [0.25, 0.3) is 5.83 Å². The van der Waals surface area contributed by atoms with Gasteiger partial charge in [-0.15, -0.1) is 0 Å². The Morgan fingerprint density at radius 3 is 2.15 bits per heavy atom. The quantitative estimate of drug-likeness (QED) is 0.562. The third kappa shape index (κ3) is 4.48. The van der Waals surface area contributed by atoms with Crippen molar-refractivity contribution in [2.45, 2.75) is 32.6 Å². The number of hydrogen-bond donors (Lipinski definition) is 0. The maximum atomic E-state index is 14.1. The van der Waals surface area contributed by atoms with Gasteiger partial charge in [0.25, 0.3) is 0 Å². The molecule has 0 amide bonds. The first-order valence-electron chi connectivity index (χ1n) is 8.08. The number of benzene rings is 2. The van der Waals surface area contributed by atoms with E-state index in [2.05, 4.69) is 0 Å². The van der Waals surface area contributed by atoms with E-state index in [0.29, 0.717) is 6.42 Å². The second kappa shape index (κ2) is 8.61. The van der Waals surface area contributed by atoms with Crippen LogP contribution >= 0.6 is 0 Å². The van der Waals surface area contributed by atoms with Gasteiger partial charge in [0.15, 0.2) is 5.83 Å². The summed E-state index contributed by atoms with van der Waals surface area (Å²) in [6.07, 6.45) is 0.598. The van der Waals surface area contributed by atoms with E-state index >= 15 is 0 Å². The molecule has 0 aromatic heterocycles. The summed E-state index contributed by atoms with van der Waals surface area (Å²) in [7, 11) is 0. The Morgan fingerprint density at radius 1 is 0.962 bits per heavy atom. The van der Waals surface area contributed by atoms with Crippen LogP contribution in [0.15, 0.2) is 36.2 Å². The molecule has 0 aliphatic carbocycles. The average molecular weight is 365 g/mol. The Kier molecular flexibility index (Phi) is 6.51. The van der Waals surface area contributed by atoms with Gasteiger partial charge in [-0.25, -0.2) is 22.0 Å². The Labute approximate surface area is 148 Å². The van der Waals surface area contributed by atoms with Crippen molar-refractivity contribution >= 4 is 5.83 Å². The number of hydrogen-bond acceptors (Lipinski definition) is 1. The molecule has 6 heteroatoms. The molecule has 26 heavy (non-hydrogen) atoms. The molecule has 0 saturated heterocycles. The molecule has 0 spiro atoms. The van der Waals surface area contributed by atoms with Gasteiger partial charge < -0.3 is 0 Å². The van der Waals surface area contributed by atoms with Crippen molar-refractivity contribution in [1.82, 2.24) is 0 Å². The fourth-order valence-electron chi connectivity index (χ4n) is 2.53. The molecule has 2 rings (SSSR count). The third-order valence-corrected chi connectivity index (χ3v) is 3.91. The molecular weight excluding hydrogens is 349 g/mol. The summed E-state index contributed by atoms with van der Waals surface area (Å²) in [5.41, 5.74) is -0.376. The Morgan fingerprint density at radius 2 is 1.62 bits per heavy atom. The van der Waals surface area contributed by atoms with E-state index in [1.807, 2.05) is 0 Å². The molecule has 0 N–H and O–H groups in total. The standard InChI is InChI=1S/C20H16F5N/c1-2-3-16(21)20(25)14-7-6-13(17(22)10-14)5-4-12-8-18(23)15(11-26)19(24)9-12/h6-10H,2-5H2,1H3. The van der Waals surface area contributed by atoms with Gasteiger partial charge in [-0.2, -0.15) is 5.26 Å². The van der Waals surface area contributed by atoms with Crippen LogP contribution in [0, 0.1) is 28.8 Å². The number of rotatable bonds is 6. The summed E-state index contributed by atoms with van der Waals surface area (Å²) in [6.45, 7) is 1.70. The Bertz CT molecular complexity index is 857. The minimum absolute atomic E-state index is 0.0645. The van der Waals surface area contributed by atoms with Gasteiger partial charge in [-0.3, -0.25) is 0 Å². The van der Waals surface area contributed by atoms with Crippen molar-refractivity contribution in [2.75, 3.05) is 0 Å². The molecular formula is C20H16F5N. The molecule has 2 aromatic carbocycles. The van der Waals surface area contributed by atoms with Crippen LogP contribution in [-0.4, -0.2) is 0 Å². The van der Waals surface area contributed by atoms with Crippen molar-refractivity contribution < 1.29 is 22.0 Å². The van der Waals surface area contributed by atoms with Crippen molar-refractivity contribution in [2.24, 2.45) is 0 Å². The highest BCUT2D eigenvalue weighted by Gasteiger charge is 2.13. The summed E-state index contributed by atoms with van der Waals surface area (Å²) in [5.74, 6) is -4.69. The fraction of sp³-hybridized carbons (Fsp3) is 0.250. The topological polar surface area (TPSA) is 23.8 Å². The van der Waals surface area contributed by atoms with Gasteiger partial charge in [-0.1, -0.05) is 19.1 Å². The smallest absolute Gasteiger partial charge is 0.161 e. The summed E-state index contributed by atoms with van der Waals surface area (Å²) in [5, 5.41) is 8.64. The lowest BCUT2D eigenvalue weighted by atomic mass is 10.0. The summed E-state index contributed by atoms with van der Waals surface area (Å²) in [6, 6.07) is 6.97. The molecule has 0 radical (unpaired) electrons. The molecule has 0 bridgehead atoms. The van der Waals surface area contributed by atoms with Crippen LogP contribution in [0.4, 0.5) is 22.0 Å². The zero-order valence-corrected chi connectivity index (χ0v) is 14.1. The lowest BCUT2D eigenvalue weighted by molar-refractivity contribution is 0.558. The maximum absolute atomic E-state index is 14.1. The molecule has 136 valence electrons. The predicted octanol–water partition coefficient (Wildman–Crippen LogP) is 6.17. The second-order valence-corrected chi connectivity index (χ2v) is 5.82. The van der Waals surface area contributed by atoms with E-state index in [-0.39, 0.29) is 36.0 Å². The SMILES string of the molecule is CCCC(F)=C(F)c1ccc(CCc2cc(F)c(C#N)c(F)c2)c(F)c1. The Hall–Kier alpha value is -2.68. The van der Waals surface area contributed by atoms with Gasteiger partial charge in [-0.05, 0) is 48.6 Å². The minimum Gasteiger partial charge on any atom is -0.209 e. The number of nitrogens with zero attached hydrogens (tertiary/aromatic N) is 1. The monoisotopic (exact) mass is 365 g/mol. The largest absolute Gasteiger partial charge is 0.209 e. The van der Waals surface area contributed by atoms with E-state index in [0.717, 1.165) is 18.2 Å². The van der Waals surface area contributed by atoms with Crippen molar-refractivity contribution in [3.63, 3.8) is 0 Å². The van der Waals surface area contributed by atoms with Crippen LogP contribution in [0.2, 0.25) is 0 Å². The highest BCUT2D eigenvalue weighted by atomic mass is 19.2. The predicted molar refractivity (Wildman–Crippen MR) is 88.9 cm³/mol. The number of aryl methyl sites for hydroxylation is 2. The lowest BCUT2D eigenvalue weighted by Gasteiger charge is -2.07. The first kappa shape index (κ1) is 19.6. The zero-order valence-electron chi connectivity index (χ0n) is 14.1. The highest BCUT2D eigenvalue weighted by Crippen LogP contribution is 2.26. The lowest BCUT2D eigenvalue weighted by Crippen LogP contribution is -1.99. The normalized spacial score (nSPS) is 11.9. The number of allylic oxidation sites excluding steroid dienone is 1. The molecule has 0 unspecified atom stereocenters. The van der Waals surface area contributed by atoms with Crippen LogP contribution < -0.4 is 0 Å². The van der Waals surface area contributed by atoms with Gasteiger partial charge in [0.05, 0.1) is 0 Å². The second-order valence-electron chi connectivity index (χ2n) is 5.82. The molecule has 0 saturated carbocycles. The van der Waals surface area contributed by atoms with E-state index in [1.54, 1.807) is 6.92 Å². The van der Waals surface area contributed by atoms with E-state index in [4.69, 9.17) is 5.26 Å². The number of nitriles is 1. The summed E-state index contributed by atoms with van der Waals surface area (Å²) < 4.78 is 68.7. The fourth-order valence-corrected chi connectivity index (χ4v) is 2.53. The molecule has 2 aromatic rings. The van der Waals surface area contributed by atoms with Crippen LogP contribution in [-0.2, 0) is 12.8 Å². The van der Waals surface area contributed by atoms with Crippen LogP contribution in [0.3, 0.4) is 0 Å². The molecule has 0 heterocycles. The Balaban J connectivity index is 2.17. The zero-order chi connectivity index (χ0) is 19.3. The molecule has 0 aliphatic heterocycles. The van der Waals surface area contributed by atoms with Gasteiger partial charge >= 0.3 is 0 Å². The van der Waals surface area contributed by atoms with Gasteiger partial charge in [0, 0.05) is 12.0 Å². The first-order valence-corrected chi connectivity index (χ1v) is 8.08. The average Bonchev–Trinajstić information content (AvgIpc) is 2.60. The van der Waals surface area contributed by atoms with E-state index < -0.39 is 34.7 Å². The molecule has 0 aliphatic rings. The molecule has 0 atom stereocenters. The maximum Gasteiger partial charge on any atom is 0.161 e. The first-order chi connectivity index (χ1) is 12.4. The van der Waals surface area contributed by atoms with Gasteiger partial charge in [0.1, 0.15) is 34.9 Å².